The zero-order valence-corrected chi connectivity index (χ0v) is 14.7. The maximum atomic E-state index is 13.9. The number of rotatable bonds is 8. The number of halogens is 17. The smallest absolute Gasteiger partial charge is 0.298 e. The van der Waals surface area contributed by atoms with Gasteiger partial charge in [0, 0.05) is 11.1 Å². The van der Waals surface area contributed by atoms with E-state index in [0.717, 1.165) is 0 Å². The summed E-state index contributed by atoms with van der Waals surface area (Å²) in [5, 5.41) is 0. The lowest BCUT2D eigenvalue weighted by molar-refractivity contribution is -0.462. The number of benzene rings is 1. The van der Waals surface area contributed by atoms with Crippen molar-refractivity contribution in [3.05, 3.63) is 35.4 Å². The molecule has 0 spiro atoms. The summed E-state index contributed by atoms with van der Waals surface area (Å²) in [6.45, 7) is 0. The van der Waals surface area contributed by atoms with Crippen LogP contribution < -0.4 is 0 Å². The molecule has 1 rings (SSSR count). The van der Waals surface area contributed by atoms with Crippen molar-refractivity contribution in [2.24, 2.45) is 0 Å². The minimum absolute atomic E-state index is 0.223. The largest absolute Gasteiger partial charge is 0.460 e. The van der Waals surface area contributed by atoms with Gasteiger partial charge in [-0.2, -0.15) is 74.6 Å². The van der Waals surface area contributed by atoms with Gasteiger partial charge < -0.3 is 0 Å². The molecule has 1 aromatic rings. The molecule has 1 aromatic carbocycles. The average Bonchev–Trinajstić information content (AvgIpc) is 2.66. The summed E-state index contributed by atoms with van der Waals surface area (Å²) < 4.78 is 224. The highest BCUT2D eigenvalue weighted by Gasteiger charge is 2.95. The molecule has 0 saturated carbocycles. The van der Waals surface area contributed by atoms with Crippen molar-refractivity contribution in [3.8, 4) is 0 Å². The Hall–Kier alpha value is -2.30. The van der Waals surface area contributed by atoms with E-state index in [1.54, 1.807) is 0 Å². The van der Waals surface area contributed by atoms with Gasteiger partial charge in [0.1, 0.15) is 6.29 Å². The van der Waals surface area contributed by atoms with Crippen LogP contribution in [0.5, 0.6) is 0 Å². The lowest BCUT2D eigenvalue weighted by Gasteiger charge is -2.42. The quantitative estimate of drug-likeness (QED) is 0.266. The Morgan fingerprint density at radius 2 is 0.879 bits per heavy atom. The van der Waals surface area contributed by atoms with Crippen molar-refractivity contribution in [1.29, 1.82) is 0 Å². The molecule has 0 aromatic heterocycles. The van der Waals surface area contributed by atoms with Crippen LogP contribution in [0.25, 0.3) is 0 Å². The van der Waals surface area contributed by atoms with Crippen LogP contribution >= 0.6 is 0 Å². The third-order valence-electron chi connectivity index (χ3n) is 4.11. The second kappa shape index (κ2) is 7.61. The summed E-state index contributed by atoms with van der Waals surface area (Å²) in [4.78, 5) is 10.5. The number of hydrogen-bond acceptors (Lipinski definition) is 1. The molecule has 18 heteroatoms. The molecule has 0 amide bonds. The summed E-state index contributed by atoms with van der Waals surface area (Å²) in [7, 11) is 0. The molecule has 0 unspecified atom stereocenters. The Morgan fingerprint density at radius 3 is 1.24 bits per heavy atom. The first-order chi connectivity index (χ1) is 14.3. The monoisotopic (exact) mass is 524 g/mol. The Balaban J connectivity index is 3.74. The molecular formula is C15H5F17O. The molecular weight excluding hydrogens is 519 g/mol. The second-order valence-electron chi connectivity index (χ2n) is 6.26. The van der Waals surface area contributed by atoms with E-state index in [0.29, 0.717) is 6.07 Å². The van der Waals surface area contributed by atoms with Crippen LogP contribution in [0.3, 0.4) is 0 Å². The average molecular weight is 524 g/mol. The Kier molecular flexibility index (Phi) is 6.63. The van der Waals surface area contributed by atoms with Gasteiger partial charge in [0.15, 0.2) is 0 Å². The van der Waals surface area contributed by atoms with E-state index in [9.17, 15) is 79.4 Å². The van der Waals surface area contributed by atoms with Crippen LogP contribution in [0.2, 0.25) is 0 Å². The zero-order valence-electron chi connectivity index (χ0n) is 14.7. The third-order valence-corrected chi connectivity index (χ3v) is 4.11. The van der Waals surface area contributed by atoms with Crippen molar-refractivity contribution >= 4 is 6.29 Å². The minimum atomic E-state index is -8.67. The maximum absolute atomic E-state index is 13.9. The van der Waals surface area contributed by atoms with Gasteiger partial charge in [0.25, 0.3) is 0 Å². The van der Waals surface area contributed by atoms with Crippen LogP contribution in [0.15, 0.2) is 24.3 Å². The summed E-state index contributed by atoms with van der Waals surface area (Å²) in [6, 6.07) is 0.302. The number of carbonyl (C=O) groups is 1. The van der Waals surface area contributed by atoms with Crippen LogP contribution in [0.1, 0.15) is 15.9 Å². The molecule has 0 heterocycles. The van der Waals surface area contributed by atoms with Gasteiger partial charge in [-0.05, 0) is 6.07 Å². The molecule has 0 saturated heterocycles. The fourth-order valence-electron chi connectivity index (χ4n) is 2.15. The predicted molar refractivity (Wildman–Crippen MR) is 71.5 cm³/mol. The van der Waals surface area contributed by atoms with E-state index in [4.69, 9.17) is 0 Å². The summed E-state index contributed by atoms with van der Waals surface area (Å²) in [6.07, 6.45) is -8.16. The summed E-state index contributed by atoms with van der Waals surface area (Å²) >= 11 is 0. The van der Waals surface area contributed by atoms with Gasteiger partial charge in [-0.3, -0.25) is 4.79 Å². The van der Waals surface area contributed by atoms with Crippen LogP contribution in [0.4, 0.5) is 74.6 Å². The lowest BCUT2D eigenvalue weighted by Crippen LogP contribution is -2.74. The van der Waals surface area contributed by atoms with Crippen LogP contribution in [-0.2, 0) is 5.92 Å². The molecule has 0 aliphatic carbocycles. The summed E-state index contributed by atoms with van der Waals surface area (Å²) in [5.41, 5.74) is -3.41. The molecule has 33 heavy (non-hydrogen) atoms. The van der Waals surface area contributed by atoms with E-state index in [1.807, 2.05) is 0 Å². The van der Waals surface area contributed by atoms with E-state index in [2.05, 4.69) is 0 Å². The van der Waals surface area contributed by atoms with Crippen molar-refractivity contribution in [2.75, 3.05) is 0 Å². The minimum Gasteiger partial charge on any atom is -0.298 e. The topological polar surface area (TPSA) is 17.1 Å². The number of carbonyl (C=O) groups excluding carboxylic acids is 1. The Labute approximate surface area is 170 Å². The van der Waals surface area contributed by atoms with Gasteiger partial charge in [-0.25, -0.2) is 0 Å². The molecule has 190 valence electrons. The Bertz CT molecular complexity index is 883. The molecule has 1 nitrogen and oxygen atoms in total. The highest BCUT2D eigenvalue weighted by atomic mass is 19.4. The number of alkyl halides is 17. The fraction of sp³-hybridized carbons (Fsp3) is 0.533. The highest BCUT2D eigenvalue weighted by Crippen LogP contribution is 2.65. The first kappa shape index (κ1) is 28.7. The van der Waals surface area contributed by atoms with E-state index >= 15 is 0 Å². The maximum Gasteiger partial charge on any atom is 0.460 e. The Morgan fingerprint density at radius 1 is 0.515 bits per heavy atom. The molecule has 0 atom stereocenters. The van der Waals surface area contributed by atoms with Gasteiger partial charge in [-0.15, -0.1) is 0 Å². The van der Waals surface area contributed by atoms with Crippen LogP contribution in [0, 0.1) is 0 Å². The summed E-state index contributed by atoms with van der Waals surface area (Å²) in [5.74, 6) is -56.9. The zero-order chi connectivity index (χ0) is 26.7. The highest BCUT2D eigenvalue weighted by molar-refractivity contribution is 5.75. The second-order valence-corrected chi connectivity index (χ2v) is 6.26. The molecule has 0 fully saturated rings. The third kappa shape index (κ3) is 3.68. The molecule has 0 radical (unpaired) electrons. The van der Waals surface area contributed by atoms with E-state index in [1.165, 1.54) is 0 Å². The number of hydrogen-bond donors (Lipinski definition) is 0. The fourth-order valence-corrected chi connectivity index (χ4v) is 2.15. The molecule has 0 N–H and O–H groups in total. The van der Waals surface area contributed by atoms with Gasteiger partial charge in [0.2, 0.25) is 0 Å². The first-order valence-corrected chi connectivity index (χ1v) is 7.56. The van der Waals surface area contributed by atoms with Gasteiger partial charge >= 0.3 is 47.6 Å². The molecule has 0 bridgehead atoms. The molecule has 0 aliphatic rings. The van der Waals surface area contributed by atoms with Crippen molar-refractivity contribution in [1.82, 2.24) is 0 Å². The number of aldehydes is 1. The predicted octanol–water partition coefficient (Wildman–Crippen LogP) is 6.97. The van der Waals surface area contributed by atoms with Crippen LogP contribution in [-0.4, -0.2) is 48.0 Å². The SMILES string of the molecule is O=Cc1cccc(C(F)(F)C(F)(F)C(F)(F)C(F)(F)C(F)(F)C(F)(F)C(F)(F)C(F)(F)F)c1. The standard InChI is InChI=1S/C15H5F17O/c16-8(17,7-3-1-2-6(4-7)5-33)9(18,19)10(20,21)11(22,23)12(24,25)13(26,27)14(28,29)15(30,31)32/h1-5H. The first-order valence-electron chi connectivity index (χ1n) is 7.56. The molecule has 0 aliphatic heterocycles. The van der Waals surface area contributed by atoms with Crippen molar-refractivity contribution in [3.63, 3.8) is 0 Å². The van der Waals surface area contributed by atoms with Gasteiger partial charge in [-0.1, -0.05) is 18.2 Å². The van der Waals surface area contributed by atoms with Crippen molar-refractivity contribution < 1.29 is 79.4 Å². The van der Waals surface area contributed by atoms with Crippen molar-refractivity contribution in [2.45, 2.75) is 47.6 Å². The lowest BCUT2D eigenvalue weighted by atomic mass is 9.87. The van der Waals surface area contributed by atoms with E-state index in [-0.39, 0.29) is 24.5 Å². The van der Waals surface area contributed by atoms with E-state index < -0.39 is 58.8 Å². The van der Waals surface area contributed by atoms with Gasteiger partial charge in [0.05, 0.1) is 0 Å². The normalized spacial score (nSPS) is 15.5.